The summed E-state index contributed by atoms with van der Waals surface area (Å²) < 4.78 is 0. The summed E-state index contributed by atoms with van der Waals surface area (Å²) >= 11 is 0. The van der Waals surface area contributed by atoms with E-state index in [0.717, 1.165) is 55.3 Å². The number of benzene rings is 3. The molecule has 0 saturated heterocycles. The fourth-order valence-corrected chi connectivity index (χ4v) is 5.28. The fourth-order valence-electron chi connectivity index (χ4n) is 5.28. The number of rotatable bonds is 21. The molecule has 3 rings (SSSR count). The number of unbranched alkanes of at least 4 members (excludes halogenated alkanes) is 1. The average Bonchev–Trinajstić information content (AvgIpc) is 3.07. The van der Waals surface area contributed by atoms with E-state index in [4.69, 9.17) is 10.8 Å². The van der Waals surface area contributed by atoms with Gasteiger partial charge in [0, 0.05) is 26.1 Å². The largest absolute Gasteiger partial charge is 0.394 e. The number of nitrogens with one attached hydrogen (secondary N) is 1. The predicted molar refractivity (Wildman–Crippen MR) is 178 cm³/mol. The van der Waals surface area contributed by atoms with Gasteiger partial charge in [0.25, 0.3) is 0 Å². The molecule has 246 valence electrons. The molecular formula is C36H51N3O6. The highest BCUT2D eigenvalue weighted by atomic mass is 16.4. The summed E-state index contributed by atoms with van der Waals surface area (Å²) in [4.78, 5) is 14.5. The highest BCUT2D eigenvalue weighted by Crippen LogP contribution is 2.21. The van der Waals surface area contributed by atoms with E-state index in [1.807, 2.05) is 35.2 Å². The van der Waals surface area contributed by atoms with Gasteiger partial charge in [-0.15, -0.1) is 0 Å². The Morgan fingerprint density at radius 1 is 0.689 bits per heavy atom. The van der Waals surface area contributed by atoms with Crippen LogP contribution in [0.3, 0.4) is 0 Å². The molecule has 0 aliphatic heterocycles. The van der Waals surface area contributed by atoms with Crippen molar-refractivity contribution in [3.63, 3.8) is 0 Å². The third-order valence-electron chi connectivity index (χ3n) is 8.11. The summed E-state index contributed by atoms with van der Waals surface area (Å²) in [5.74, 6) is -0.0735. The summed E-state index contributed by atoms with van der Waals surface area (Å²) in [5.41, 5.74) is 11.5. The van der Waals surface area contributed by atoms with Crippen LogP contribution < -0.4 is 11.1 Å². The van der Waals surface area contributed by atoms with E-state index in [1.165, 1.54) is 11.1 Å². The van der Waals surface area contributed by atoms with E-state index < -0.39 is 31.0 Å². The lowest BCUT2D eigenvalue weighted by molar-refractivity contribution is -0.121. The Balaban J connectivity index is 1.45. The minimum Gasteiger partial charge on any atom is -0.394 e. The first-order valence-electron chi connectivity index (χ1n) is 16.0. The molecule has 0 fully saturated rings. The first-order chi connectivity index (χ1) is 21.8. The van der Waals surface area contributed by atoms with Crippen molar-refractivity contribution >= 4 is 5.91 Å². The number of carbonyl (C=O) groups excluding carboxylic acids is 1. The quantitative estimate of drug-likeness (QED) is 0.0891. The Kier molecular flexibility index (Phi) is 16.2. The molecule has 8 N–H and O–H groups in total. The van der Waals surface area contributed by atoms with Gasteiger partial charge in [0.1, 0.15) is 18.3 Å². The SMILES string of the molecule is NCCCCc1ccc(-c2ccc(CCC(=O)NCCN(CCCc3ccccc3)C[C@H](O)[C@@H](O)[C@H](O)[C@H](O)CO)cc2)cc1. The number of aliphatic hydroxyl groups is 5. The number of nitrogens with two attached hydrogens (primary N) is 1. The van der Waals surface area contributed by atoms with Gasteiger partial charge in [-0.25, -0.2) is 0 Å². The summed E-state index contributed by atoms with van der Waals surface area (Å²) in [6.07, 6.45) is -0.466. The van der Waals surface area contributed by atoms with Crippen LogP contribution in [0, 0.1) is 0 Å². The van der Waals surface area contributed by atoms with Gasteiger partial charge in [-0.05, 0) is 79.4 Å². The van der Waals surface area contributed by atoms with Crippen LogP contribution in [-0.4, -0.2) is 100 Å². The maximum absolute atomic E-state index is 12.6. The number of carbonyl (C=O) groups is 1. The molecule has 0 radical (unpaired) electrons. The number of nitrogens with zero attached hydrogens (tertiary/aromatic N) is 1. The predicted octanol–water partition coefficient (Wildman–Crippen LogP) is 2.05. The van der Waals surface area contributed by atoms with Crippen molar-refractivity contribution in [3.8, 4) is 11.1 Å². The second-order valence-corrected chi connectivity index (χ2v) is 11.7. The molecule has 9 nitrogen and oxygen atoms in total. The van der Waals surface area contributed by atoms with E-state index >= 15 is 0 Å². The van der Waals surface area contributed by atoms with E-state index in [1.54, 1.807) is 0 Å². The topological polar surface area (TPSA) is 160 Å². The van der Waals surface area contributed by atoms with E-state index in [2.05, 4.69) is 53.8 Å². The van der Waals surface area contributed by atoms with E-state index in [9.17, 15) is 25.2 Å². The number of hydrogen-bond acceptors (Lipinski definition) is 8. The van der Waals surface area contributed by atoms with Gasteiger partial charge in [-0.2, -0.15) is 0 Å². The Bertz CT molecular complexity index is 1230. The molecular weight excluding hydrogens is 570 g/mol. The lowest BCUT2D eigenvalue weighted by Crippen LogP contribution is -2.50. The van der Waals surface area contributed by atoms with Crippen LogP contribution in [-0.2, 0) is 24.1 Å². The van der Waals surface area contributed by atoms with Crippen LogP contribution in [0.15, 0.2) is 78.9 Å². The van der Waals surface area contributed by atoms with Gasteiger partial charge in [0.2, 0.25) is 5.91 Å². The molecule has 0 aliphatic rings. The first-order valence-corrected chi connectivity index (χ1v) is 16.0. The summed E-state index contributed by atoms with van der Waals surface area (Å²) in [7, 11) is 0. The van der Waals surface area contributed by atoms with Crippen molar-refractivity contribution in [2.45, 2.75) is 69.4 Å². The third-order valence-corrected chi connectivity index (χ3v) is 8.11. The molecule has 3 aromatic carbocycles. The molecule has 0 aromatic heterocycles. The molecule has 0 heterocycles. The zero-order valence-electron chi connectivity index (χ0n) is 26.2. The highest BCUT2D eigenvalue weighted by Gasteiger charge is 2.31. The van der Waals surface area contributed by atoms with Crippen LogP contribution in [0.2, 0.25) is 0 Å². The van der Waals surface area contributed by atoms with Crippen molar-refractivity contribution in [2.75, 3.05) is 39.3 Å². The molecule has 4 atom stereocenters. The maximum atomic E-state index is 12.6. The third kappa shape index (κ3) is 13.0. The zero-order chi connectivity index (χ0) is 32.4. The van der Waals surface area contributed by atoms with Crippen LogP contribution in [0.25, 0.3) is 11.1 Å². The van der Waals surface area contributed by atoms with Crippen molar-refractivity contribution in [1.82, 2.24) is 10.2 Å². The monoisotopic (exact) mass is 621 g/mol. The molecule has 45 heavy (non-hydrogen) atoms. The standard InChI is InChI=1S/C36H51N3O6/c37-21-5-4-9-28-11-16-30(17-12-28)31-18-13-29(14-19-31)15-20-34(43)38-22-24-39(23-6-10-27-7-2-1-3-8-27)25-32(41)35(44)36(45)33(42)26-40/h1-3,7-8,11-14,16-19,32-33,35-36,40-42,44-45H,4-6,9-10,15,20-26,37H2,(H,38,43)/t32-,33+,35+,36+/m0/s1. The second kappa shape index (κ2) is 20.1. The number of aryl methyl sites for hydroxylation is 3. The van der Waals surface area contributed by atoms with Gasteiger partial charge >= 0.3 is 0 Å². The summed E-state index contributed by atoms with van der Waals surface area (Å²) in [6, 6.07) is 26.9. The molecule has 0 bridgehead atoms. The number of aliphatic hydroxyl groups excluding tert-OH is 5. The van der Waals surface area contributed by atoms with E-state index in [-0.39, 0.29) is 12.5 Å². The van der Waals surface area contributed by atoms with Gasteiger partial charge in [0.15, 0.2) is 0 Å². The minimum atomic E-state index is -1.68. The van der Waals surface area contributed by atoms with Crippen LogP contribution in [0.5, 0.6) is 0 Å². The Morgan fingerprint density at radius 2 is 1.24 bits per heavy atom. The second-order valence-electron chi connectivity index (χ2n) is 11.7. The lowest BCUT2D eigenvalue weighted by atomic mass is 9.99. The van der Waals surface area contributed by atoms with Crippen LogP contribution >= 0.6 is 0 Å². The molecule has 1 amide bonds. The molecule has 3 aromatic rings. The Labute approximate surface area is 267 Å². The molecule has 0 unspecified atom stereocenters. The lowest BCUT2D eigenvalue weighted by Gasteiger charge is -2.30. The Morgan fingerprint density at radius 3 is 1.84 bits per heavy atom. The summed E-state index contributed by atoms with van der Waals surface area (Å²) in [6.45, 7) is 1.41. The van der Waals surface area contributed by atoms with Crippen molar-refractivity contribution < 1.29 is 30.3 Å². The maximum Gasteiger partial charge on any atom is 0.220 e. The van der Waals surface area contributed by atoms with Gasteiger partial charge in [0.05, 0.1) is 12.7 Å². The van der Waals surface area contributed by atoms with Crippen molar-refractivity contribution in [2.24, 2.45) is 5.73 Å². The smallest absolute Gasteiger partial charge is 0.220 e. The van der Waals surface area contributed by atoms with Crippen LogP contribution in [0.4, 0.5) is 0 Å². The van der Waals surface area contributed by atoms with Gasteiger partial charge in [-0.3, -0.25) is 9.69 Å². The summed E-state index contributed by atoms with van der Waals surface area (Å²) in [5, 5.41) is 52.5. The van der Waals surface area contributed by atoms with Crippen LogP contribution in [0.1, 0.15) is 42.4 Å². The normalized spacial score (nSPS) is 14.2. The average molecular weight is 622 g/mol. The fraction of sp³-hybridized carbons (Fsp3) is 0.472. The van der Waals surface area contributed by atoms with Gasteiger partial charge < -0.3 is 36.6 Å². The Hall–Kier alpha value is -3.15. The van der Waals surface area contributed by atoms with Gasteiger partial charge in [-0.1, -0.05) is 78.9 Å². The van der Waals surface area contributed by atoms with Crippen molar-refractivity contribution in [3.05, 3.63) is 95.6 Å². The zero-order valence-corrected chi connectivity index (χ0v) is 26.2. The molecule has 0 spiro atoms. The molecule has 9 heteroatoms. The first kappa shape index (κ1) is 36.3. The number of amides is 1. The van der Waals surface area contributed by atoms with Crippen molar-refractivity contribution in [1.29, 1.82) is 0 Å². The highest BCUT2D eigenvalue weighted by molar-refractivity contribution is 5.76. The molecule has 0 saturated carbocycles. The number of hydrogen-bond donors (Lipinski definition) is 7. The molecule has 0 aliphatic carbocycles. The van der Waals surface area contributed by atoms with E-state index in [0.29, 0.717) is 32.5 Å². The minimum absolute atomic E-state index is 0.0321.